The first kappa shape index (κ1) is 15.8. The molecule has 0 fully saturated rings. The van der Waals surface area contributed by atoms with Crippen LogP contribution in [0.25, 0.3) is 0 Å². The average molecular weight is 373 g/mol. The van der Waals surface area contributed by atoms with E-state index in [1.807, 2.05) is 0 Å². The third kappa shape index (κ3) is 3.04. The zero-order chi connectivity index (χ0) is 15.6. The van der Waals surface area contributed by atoms with Crippen molar-refractivity contribution in [3.05, 3.63) is 44.1 Å². The lowest BCUT2D eigenvalue weighted by molar-refractivity contribution is 0.0692. The summed E-state index contributed by atoms with van der Waals surface area (Å²) in [5, 5.41) is 21.3. The van der Waals surface area contributed by atoms with Crippen molar-refractivity contribution >= 4 is 33.2 Å². The van der Waals surface area contributed by atoms with E-state index < -0.39 is 12.1 Å². The second-order valence-corrected chi connectivity index (χ2v) is 5.94. The van der Waals surface area contributed by atoms with Crippen molar-refractivity contribution in [3.63, 3.8) is 0 Å². The number of hydrogen-bond acceptors (Lipinski definition) is 5. The number of methoxy groups -OCH3 is 2. The number of aliphatic hydroxyl groups excluding tert-OH is 1. The zero-order valence-corrected chi connectivity index (χ0v) is 13.7. The molecule has 21 heavy (non-hydrogen) atoms. The minimum atomic E-state index is -1.07. The van der Waals surface area contributed by atoms with Crippen LogP contribution in [0.5, 0.6) is 11.5 Å². The number of aromatic carboxylic acids is 1. The Morgan fingerprint density at radius 3 is 2.48 bits per heavy atom. The second kappa shape index (κ2) is 6.46. The van der Waals surface area contributed by atoms with Gasteiger partial charge in [0, 0.05) is 10.0 Å². The molecular formula is C14H13BrO5S. The Balaban J connectivity index is 2.50. The highest BCUT2D eigenvalue weighted by molar-refractivity contribution is 9.10. The van der Waals surface area contributed by atoms with Gasteiger partial charge in [0.25, 0.3) is 0 Å². The summed E-state index contributed by atoms with van der Waals surface area (Å²) in [7, 11) is 3.01. The Bertz CT molecular complexity index is 667. The van der Waals surface area contributed by atoms with Crippen LogP contribution in [-0.4, -0.2) is 30.4 Å². The van der Waals surface area contributed by atoms with E-state index in [4.69, 9.17) is 14.6 Å². The molecule has 0 bridgehead atoms. The van der Waals surface area contributed by atoms with Gasteiger partial charge in [-0.25, -0.2) is 4.79 Å². The zero-order valence-electron chi connectivity index (χ0n) is 11.3. The molecule has 1 unspecified atom stereocenters. The first-order valence-electron chi connectivity index (χ1n) is 5.89. The summed E-state index contributed by atoms with van der Waals surface area (Å²) in [6, 6.07) is 4.77. The highest BCUT2D eigenvalue weighted by atomic mass is 79.9. The number of aliphatic hydroxyl groups is 1. The molecule has 0 amide bonds. The Labute approximate surface area is 133 Å². The summed E-state index contributed by atoms with van der Waals surface area (Å²) in [6.45, 7) is 0. The number of thiophene rings is 1. The quantitative estimate of drug-likeness (QED) is 0.841. The Morgan fingerprint density at radius 2 is 1.90 bits per heavy atom. The van der Waals surface area contributed by atoms with Crippen LogP contribution in [0.15, 0.2) is 28.1 Å². The number of carboxylic acid groups (broad SMARTS) is 1. The molecule has 1 aromatic heterocycles. The lowest BCUT2D eigenvalue weighted by Crippen LogP contribution is -2.06. The van der Waals surface area contributed by atoms with E-state index in [-0.39, 0.29) is 5.56 Å². The van der Waals surface area contributed by atoms with Gasteiger partial charge in [-0.2, -0.15) is 0 Å². The smallest absolute Gasteiger partial charge is 0.336 e. The largest absolute Gasteiger partial charge is 0.493 e. The predicted octanol–water partition coefficient (Wildman–Crippen LogP) is 3.31. The van der Waals surface area contributed by atoms with Crippen molar-refractivity contribution in [2.75, 3.05) is 14.2 Å². The molecule has 1 atom stereocenters. The molecule has 2 aromatic rings. The molecule has 2 N–H and O–H groups in total. The van der Waals surface area contributed by atoms with Crippen LogP contribution in [0, 0.1) is 0 Å². The molecule has 1 heterocycles. The van der Waals surface area contributed by atoms with Crippen LogP contribution in [-0.2, 0) is 0 Å². The van der Waals surface area contributed by atoms with E-state index in [0.29, 0.717) is 26.4 Å². The first-order chi connectivity index (χ1) is 9.99. The number of halogens is 1. The molecule has 0 radical (unpaired) electrons. The van der Waals surface area contributed by atoms with Crippen molar-refractivity contribution in [2.45, 2.75) is 6.10 Å². The summed E-state index contributed by atoms with van der Waals surface area (Å²) in [4.78, 5) is 11.5. The number of carbonyl (C=O) groups is 1. The summed E-state index contributed by atoms with van der Waals surface area (Å²) < 4.78 is 11.0. The summed E-state index contributed by atoms with van der Waals surface area (Å²) >= 11 is 4.55. The fourth-order valence-electron chi connectivity index (χ4n) is 1.93. The summed E-state index contributed by atoms with van der Waals surface area (Å²) in [5.41, 5.74) is 0.604. The van der Waals surface area contributed by atoms with Gasteiger partial charge in [-0.15, -0.1) is 11.3 Å². The first-order valence-corrected chi connectivity index (χ1v) is 7.57. The van der Waals surface area contributed by atoms with E-state index in [1.54, 1.807) is 17.5 Å². The Morgan fingerprint density at radius 1 is 1.29 bits per heavy atom. The maximum absolute atomic E-state index is 11.2. The maximum Gasteiger partial charge on any atom is 0.336 e. The van der Waals surface area contributed by atoms with Crippen LogP contribution in [0.2, 0.25) is 0 Å². The lowest BCUT2D eigenvalue weighted by Gasteiger charge is -2.16. The molecule has 112 valence electrons. The summed E-state index contributed by atoms with van der Waals surface area (Å²) in [5.74, 6) is -0.0879. The van der Waals surface area contributed by atoms with Crippen LogP contribution in [0.1, 0.15) is 26.9 Å². The lowest BCUT2D eigenvalue weighted by atomic mass is 10.0. The van der Waals surface area contributed by atoms with Gasteiger partial charge in [-0.3, -0.25) is 0 Å². The van der Waals surface area contributed by atoms with Gasteiger partial charge < -0.3 is 19.7 Å². The van der Waals surface area contributed by atoms with Gasteiger partial charge in [-0.05, 0) is 23.6 Å². The molecule has 0 aliphatic rings. The molecule has 0 saturated carbocycles. The van der Waals surface area contributed by atoms with Crippen molar-refractivity contribution in [1.29, 1.82) is 0 Å². The number of hydrogen-bond donors (Lipinski definition) is 2. The fraction of sp³-hybridized carbons (Fsp3) is 0.214. The third-order valence-corrected chi connectivity index (χ3v) is 4.63. The highest BCUT2D eigenvalue weighted by Crippen LogP contribution is 2.39. The van der Waals surface area contributed by atoms with E-state index in [0.717, 1.165) is 0 Å². The predicted molar refractivity (Wildman–Crippen MR) is 82.6 cm³/mol. The molecule has 0 aliphatic heterocycles. The molecular weight excluding hydrogens is 360 g/mol. The minimum Gasteiger partial charge on any atom is -0.493 e. The van der Waals surface area contributed by atoms with Crippen LogP contribution < -0.4 is 9.47 Å². The average Bonchev–Trinajstić information content (AvgIpc) is 2.95. The standard InChI is InChI=1S/C14H13BrO5S/c1-19-10-5-8(9(15)6-11(10)20-2)12(16)13-7(14(17)18)3-4-21-13/h3-6,12,16H,1-2H3,(H,17,18). The Kier molecular flexibility index (Phi) is 4.87. The van der Waals surface area contributed by atoms with E-state index in [1.165, 1.54) is 31.6 Å². The van der Waals surface area contributed by atoms with Crippen molar-refractivity contribution in [1.82, 2.24) is 0 Å². The van der Waals surface area contributed by atoms with Crippen molar-refractivity contribution in [2.24, 2.45) is 0 Å². The van der Waals surface area contributed by atoms with Crippen LogP contribution in [0.3, 0.4) is 0 Å². The monoisotopic (exact) mass is 372 g/mol. The topological polar surface area (TPSA) is 76.0 Å². The summed E-state index contributed by atoms with van der Waals surface area (Å²) in [6.07, 6.45) is -1.06. The number of ether oxygens (including phenoxy) is 2. The third-order valence-electron chi connectivity index (χ3n) is 2.97. The number of benzene rings is 1. The van der Waals surface area contributed by atoms with Crippen molar-refractivity contribution < 1.29 is 24.5 Å². The SMILES string of the molecule is COc1cc(Br)c(C(O)c2sccc2C(=O)O)cc1OC. The van der Waals surface area contributed by atoms with E-state index in [2.05, 4.69) is 15.9 Å². The second-order valence-electron chi connectivity index (χ2n) is 4.13. The Hall–Kier alpha value is -1.57. The van der Waals surface area contributed by atoms with E-state index in [9.17, 15) is 9.90 Å². The number of carboxylic acids is 1. The molecule has 2 rings (SSSR count). The molecule has 1 aromatic carbocycles. The van der Waals surface area contributed by atoms with Gasteiger partial charge in [0.1, 0.15) is 6.10 Å². The molecule has 7 heteroatoms. The van der Waals surface area contributed by atoms with Gasteiger partial charge in [0.15, 0.2) is 11.5 Å². The van der Waals surface area contributed by atoms with Gasteiger partial charge in [-0.1, -0.05) is 15.9 Å². The maximum atomic E-state index is 11.2. The normalized spacial score (nSPS) is 12.0. The molecule has 0 spiro atoms. The van der Waals surface area contributed by atoms with Gasteiger partial charge in [0.2, 0.25) is 0 Å². The molecule has 5 nitrogen and oxygen atoms in total. The molecule has 0 saturated heterocycles. The number of rotatable bonds is 5. The highest BCUT2D eigenvalue weighted by Gasteiger charge is 2.23. The van der Waals surface area contributed by atoms with Gasteiger partial charge in [0.05, 0.1) is 24.7 Å². The van der Waals surface area contributed by atoms with Gasteiger partial charge >= 0.3 is 5.97 Å². The van der Waals surface area contributed by atoms with Crippen LogP contribution >= 0.6 is 27.3 Å². The van der Waals surface area contributed by atoms with E-state index >= 15 is 0 Å². The fourth-order valence-corrected chi connectivity index (χ4v) is 3.36. The molecule has 0 aliphatic carbocycles. The minimum absolute atomic E-state index is 0.0918. The van der Waals surface area contributed by atoms with Crippen molar-refractivity contribution in [3.8, 4) is 11.5 Å². The van der Waals surface area contributed by atoms with Crippen LogP contribution in [0.4, 0.5) is 0 Å².